The molecule has 0 unspecified atom stereocenters. The molecular weight excluding hydrogens is 655 g/mol. The van der Waals surface area contributed by atoms with E-state index in [0.29, 0.717) is 72.5 Å². The molecule has 2 aromatic carbocycles. The highest BCUT2D eigenvalue weighted by Gasteiger charge is 2.28. The number of nitrogens with zero attached hydrogens (tertiary/aromatic N) is 5. The van der Waals surface area contributed by atoms with Gasteiger partial charge in [0.1, 0.15) is 17.0 Å². The largest absolute Gasteiger partial charge is 0.496 e. The second-order valence-electron chi connectivity index (χ2n) is 14.0. The number of H-pyrrole nitrogens is 1. The van der Waals surface area contributed by atoms with E-state index in [1.54, 1.807) is 43.1 Å². The summed E-state index contributed by atoms with van der Waals surface area (Å²) in [5, 5.41) is 1.87. The summed E-state index contributed by atoms with van der Waals surface area (Å²) < 4.78 is 28.0. The molecule has 0 bridgehead atoms. The Kier molecular flexibility index (Phi) is 11.1. The number of benzene rings is 2. The molecule has 13 nitrogen and oxygen atoms in total. The molecule has 14 heteroatoms. The zero-order chi connectivity index (χ0) is 37.0. The van der Waals surface area contributed by atoms with Gasteiger partial charge in [-0.1, -0.05) is 6.08 Å². The number of aromatic nitrogens is 1. The Morgan fingerprint density at radius 1 is 1.00 bits per heavy atom. The Hall–Kier alpha value is -5.24. The molecule has 3 amide bonds. The van der Waals surface area contributed by atoms with Gasteiger partial charge >= 0.3 is 6.09 Å². The molecule has 0 saturated carbocycles. The van der Waals surface area contributed by atoms with Gasteiger partial charge in [-0.15, -0.1) is 0 Å². The lowest BCUT2D eigenvalue weighted by molar-refractivity contribution is -0.130. The van der Waals surface area contributed by atoms with Crippen molar-refractivity contribution >= 4 is 40.1 Å². The maximum atomic E-state index is 16.5. The molecule has 5 N–H and O–H groups in total. The standard InChI is InChI=1S/C37H49FN8O5/c1-37(2,3)51-36(49)44-18-16-43(17-19-44)25-9-10-26(31(20-25)50-6)28-21-27(33(38)34-29(28)22-30(41-34)35(48)42(4)5)24-8-7-13-45(23-24)32(47)11-14-46(40)15-12-39/h8-10,12,15,20-22,41H,7,11,13-14,16-19,23,39-40H2,1-6H3/b15-12-. The Labute approximate surface area is 298 Å². The first-order valence-corrected chi connectivity index (χ1v) is 17.1. The minimum atomic E-state index is -0.567. The lowest BCUT2D eigenvalue weighted by atomic mass is 9.92. The monoisotopic (exact) mass is 704 g/mol. The van der Waals surface area contributed by atoms with Crippen molar-refractivity contribution < 1.29 is 28.2 Å². The maximum Gasteiger partial charge on any atom is 0.410 e. The van der Waals surface area contributed by atoms with Crippen molar-refractivity contribution in [2.75, 3.05) is 71.9 Å². The predicted octanol–water partition coefficient (Wildman–Crippen LogP) is 4.35. The van der Waals surface area contributed by atoms with Crippen LogP contribution in [-0.2, 0) is 9.53 Å². The number of carbonyl (C=O) groups excluding carboxylic acids is 3. The highest BCUT2D eigenvalue weighted by molar-refractivity contribution is 6.05. The van der Waals surface area contributed by atoms with Crippen LogP contribution in [0.1, 0.15) is 49.7 Å². The van der Waals surface area contributed by atoms with Crippen LogP contribution >= 0.6 is 0 Å². The number of hydrogen-bond acceptors (Lipinski definition) is 9. The van der Waals surface area contributed by atoms with E-state index in [9.17, 15) is 14.4 Å². The summed E-state index contributed by atoms with van der Waals surface area (Å²) in [6.07, 6.45) is 5.15. The van der Waals surface area contributed by atoms with E-state index in [2.05, 4.69) is 9.88 Å². The predicted molar refractivity (Wildman–Crippen MR) is 196 cm³/mol. The molecule has 0 aliphatic carbocycles. The zero-order valence-corrected chi connectivity index (χ0v) is 30.3. The molecule has 1 saturated heterocycles. The van der Waals surface area contributed by atoms with Crippen molar-refractivity contribution in [2.45, 2.75) is 39.2 Å². The number of ether oxygens (including phenoxy) is 2. The lowest BCUT2D eigenvalue weighted by Crippen LogP contribution is -2.50. The van der Waals surface area contributed by atoms with Gasteiger partial charge in [-0.05, 0) is 62.6 Å². The van der Waals surface area contributed by atoms with Crippen LogP contribution in [0.5, 0.6) is 5.75 Å². The van der Waals surface area contributed by atoms with Crippen LogP contribution in [0.15, 0.2) is 48.8 Å². The minimum absolute atomic E-state index is 0.105. The van der Waals surface area contributed by atoms with Crippen molar-refractivity contribution in [1.82, 2.24) is 24.7 Å². The van der Waals surface area contributed by atoms with E-state index in [1.807, 2.05) is 45.0 Å². The number of nitrogens with two attached hydrogens (primary N) is 2. The first-order valence-electron chi connectivity index (χ1n) is 17.1. The minimum Gasteiger partial charge on any atom is -0.496 e. The molecule has 51 heavy (non-hydrogen) atoms. The topological polar surface area (TPSA) is 154 Å². The number of hydrazine groups is 1. The number of carbonyl (C=O) groups is 3. The van der Waals surface area contributed by atoms with E-state index in [0.717, 1.165) is 5.69 Å². The summed E-state index contributed by atoms with van der Waals surface area (Å²) in [6.45, 7) is 8.79. The van der Waals surface area contributed by atoms with Crippen molar-refractivity contribution in [3.05, 3.63) is 65.9 Å². The number of piperazine rings is 1. The van der Waals surface area contributed by atoms with E-state index in [-0.39, 0.29) is 48.6 Å². The molecule has 3 aromatic rings. The molecule has 2 aliphatic rings. The fourth-order valence-corrected chi connectivity index (χ4v) is 6.37. The summed E-state index contributed by atoms with van der Waals surface area (Å²) in [5.41, 5.74) is 8.56. The van der Waals surface area contributed by atoms with E-state index in [4.69, 9.17) is 21.1 Å². The normalized spacial score (nSPS) is 15.3. The highest BCUT2D eigenvalue weighted by atomic mass is 19.1. The molecule has 2 aliphatic heterocycles. The van der Waals surface area contributed by atoms with E-state index in [1.165, 1.54) is 22.3 Å². The first kappa shape index (κ1) is 37.0. The average molecular weight is 705 g/mol. The van der Waals surface area contributed by atoms with Gasteiger partial charge in [0.25, 0.3) is 5.91 Å². The summed E-state index contributed by atoms with van der Waals surface area (Å²) in [6, 6.07) is 9.30. The molecule has 5 rings (SSSR count). The van der Waals surface area contributed by atoms with Crippen molar-refractivity contribution in [3.63, 3.8) is 0 Å². The van der Waals surface area contributed by atoms with Crippen LogP contribution in [-0.4, -0.2) is 115 Å². The Morgan fingerprint density at radius 2 is 1.73 bits per heavy atom. The summed E-state index contributed by atoms with van der Waals surface area (Å²) in [4.78, 5) is 48.8. The number of hydrogen-bond donors (Lipinski definition) is 3. The SMILES string of the molecule is COc1cc(N2CCN(C(=O)OC(C)(C)C)CC2)ccc1-c1cc(C2=CCCN(C(=O)CCN(N)/C=C\N)C2)c(F)c2[nH]c(C(=O)N(C)C)cc12. The Balaban J connectivity index is 1.48. The number of fused-ring (bicyclic) bond motifs is 1. The number of amides is 3. The van der Waals surface area contributed by atoms with Gasteiger partial charge in [-0.2, -0.15) is 0 Å². The molecule has 0 radical (unpaired) electrons. The van der Waals surface area contributed by atoms with Crippen LogP contribution in [0, 0.1) is 5.82 Å². The molecule has 0 atom stereocenters. The number of rotatable bonds is 9. The molecule has 274 valence electrons. The Bertz CT molecular complexity index is 1840. The summed E-state index contributed by atoms with van der Waals surface area (Å²) in [5.74, 6) is 5.51. The average Bonchev–Trinajstić information content (AvgIpc) is 3.56. The second-order valence-corrected chi connectivity index (χ2v) is 14.0. The van der Waals surface area contributed by atoms with Crippen LogP contribution in [0.25, 0.3) is 27.6 Å². The third kappa shape index (κ3) is 8.39. The number of aromatic amines is 1. The molecule has 3 heterocycles. The van der Waals surface area contributed by atoms with Crippen molar-refractivity contribution in [2.24, 2.45) is 11.6 Å². The number of anilines is 1. The number of nitrogens with one attached hydrogen (secondary N) is 1. The van der Waals surface area contributed by atoms with Crippen LogP contribution in [0.2, 0.25) is 0 Å². The first-order chi connectivity index (χ1) is 24.2. The quantitative estimate of drug-likeness (QED) is 0.218. The van der Waals surface area contributed by atoms with Gasteiger partial charge < -0.3 is 44.8 Å². The Morgan fingerprint density at radius 3 is 2.37 bits per heavy atom. The van der Waals surface area contributed by atoms with Gasteiger partial charge in [-0.3, -0.25) is 9.59 Å². The van der Waals surface area contributed by atoms with Gasteiger partial charge in [0, 0.05) is 107 Å². The molecular formula is C37H49FN8O5. The third-order valence-electron chi connectivity index (χ3n) is 8.97. The van der Waals surface area contributed by atoms with Crippen molar-refractivity contribution in [3.8, 4) is 16.9 Å². The fraction of sp³-hybridized carbons (Fsp3) is 0.432. The van der Waals surface area contributed by atoms with Crippen molar-refractivity contribution in [1.29, 1.82) is 0 Å². The van der Waals surface area contributed by atoms with Crippen LogP contribution in [0.3, 0.4) is 0 Å². The third-order valence-corrected chi connectivity index (χ3v) is 8.97. The van der Waals surface area contributed by atoms with E-state index >= 15 is 4.39 Å². The number of methoxy groups -OCH3 is 1. The number of halogens is 1. The van der Waals surface area contributed by atoms with Gasteiger partial charge in [0.2, 0.25) is 5.91 Å². The summed E-state index contributed by atoms with van der Waals surface area (Å²) in [7, 11) is 4.86. The summed E-state index contributed by atoms with van der Waals surface area (Å²) >= 11 is 0. The maximum absolute atomic E-state index is 16.5. The van der Waals surface area contributed by atoms with E-state index < -0.39 is 11.4 Å². The fourth-order valence-electron chi connectivity index (χ4n) is 6.37. The smallest absolute Gasteiger partial charge is 0.410 e. The zero-order valence-electron chi connectivity index (χ0n) is 30.3. The molecule has 1 fully saturated rings. The van der Waals surface area contributed by atoms with Gasteiger partial charge in [0.05, 0.1) is 12.6 Å². The van der Waals surface area contributed by atoms with Gasteiger partial charge in [0.15, 0.2) is 5.82 Å². The highest BCUT2D eigenvalue weighted by Crippen LogP contribution is 2.41. The van der Waals surface area contributed by atoms with Crippen LogP contribution in [0.4, 0.5) is 14.9 Å². The van der Waals surface area contributed by atoms with Gasteiger partial charge in [-0.25, -0.2) is 15.0 Å². The van der Waals surface area contributed by atoms with Crippen LogP contribution < -0.4 is 21.2 Å². The second kappa shape index (κ2) is 15.3. The molecule has 1 aromatic heterocycles. The molecule has 0 spiro atoms. The lowest BCUT2D eigenvalue weighted by Gasteiger charge is -2.37.